The Morgan fingerprint density at radius 2 is 1.88 bits per heavy atom. The lowest BCUT2D eigenvalue weighted by atomic mass is 9.74. The molecule has 180 valence electrons. The molecule has 5 nitrogen and oxygen atoms in total. The van der Waals surface area contributed by atoms with Crippen LogP contribution in [0.15, 0.2) is 47.0 Å². The van der Waals surface area contributed by atoms with Crippen LogP contribution in [0.3, 0.4) is 0 Å². The maximum absolute atomic E-state index is 14.5. The van der Waals surface area contributed by atoms with Gasteiger partial charge in [0.2, 0.25) is 0 Å². The van der Waals surface area contributed by atoms with Gasteiger partial charge in [-0.1, -0.05) is 47.1 Å². The average Bonchev–Trinajstić information content (AvgIpc) is 3.17. The number of hydrogen-bond acceptors (Lipinski definition) is 4. The van der Waals surface area contributed by atoms with Crippen molar-refractivity contribution in [2.45, 2.75) is 57.5 Å². The van der Waals surface area contributed by atoms with E-state index in [0.717, 1.165) is 32.1 Å². The van der Waals surface area contributed by atoms with Gasteiger partial charge in [-0.15, -0.1) is 0 Å². The molecule has 34 heavy (non-hydrogen) atoms. The van der Waals surface area contributed by atoms with Crippen LogP contribution in [0.4, 0.5) is 4.39 Å². The zero-order valence-corrected chi connectivity index (χ0v) is 20.9. The first-order valence-electron chi connectivity index (χ1n) is 11.7. The second-order valence-electron chi connectivity index (χ2n) is 9.53. The molecule has 1 fully saturated rings. The van der Waals surface area contributed by atoms with Crippen molar-refractivity contribution in [3.8, 4) is 11.3 Å². The smallest absolute Gasteiger partial charge is 0.257 e. The van der Waals surface area contributed by atoms with Gasteiger partial charge in [0.25, 0.3) is 5.91 Å². The molecule has 1 aliphatic carbocycles. The lowest BCUT2D eigenvalue weighted by Gasteiger charge is -2.45. The van der Waals surface area contributed by atoms with Crippen LogP contribution in [-0.2, 0) is 6.42 Å². The second kappa shape index (κ2) is 9.88. The summed E-state index contributed by atoms with van der Waals surface area (Å²) in [4.78, 5) is 15.6. The number of hydrogen-bond donors (Lipinski definition) is 1. The maximum Gasteiger partial charge on any atom is 0.257 e. The van der Waals surface area contributed by atoms with Gasteiger partial charge in [0.15, 0.2) is 0 Å². The fourth-order valence-corrected chi connectivity index (χ4v) is 5.29. The van der Waals surface area contributed by atoms with E-state index in [-0.39, 0.29) is 39.3 Å². The van der Waals surface area contributed by atoms with Crippen molar-refractivity contribution >= 4 is 17.5 Å². The molecule has 0 saturated heterocycles. The quantitative estimate of drug-likeness (QED) is 0.469. The number of halogens is 2. The van der Waals surface area contributed by atoms with E-state index in [1.165, 1.54) is 23.3 Å². The van der Waals surface area contributed by atoms with Crippen LogP contribution >= 0.6 is 11.6 Å². The highest BCUT2D eigenvalue weighted by atomic mass is 35.5. The number of aromatic nitrogens is 1. The van der Waals surface area contributed by atoms with Crippen LogP contribution in [-0.4, -0.2) is 41.6 Å². The Morgan fingerprint density at radius 3 is 2.53 bits per heavy atom. The summed E-state index contributed by atoms with van der Waals surface area (Å²) in [5, 5.41) is 7.28. The molecule has 0 radical (unpaired) electrons. The van der Waals surface area contributed by atoms with Gasteiger partial charge in [-0.3, -0.25) is 4.79 Å². The van der Waals surface area contributed by atoms with E-state index >= 15 is 0 Å². The van der Waals surface area contributed by atoms with Gasteiger partial charge in [-0.25, -0.2) is 4.39 Å². The monoisotopic (exact) mass is 483 g/mol. The molecule has 7 heteroatoms. The summed E-state index contributed by atoms with van der Waals surface area (Å²) in [5.74, 6) is -0.515. The molecule has 1 aliphatic rings. The zero-order chi connectivity index (χ0) is 24.5. The number of carbonyl (C=O) groups excluding carboxylic acids is 1. The topological polar surface area (TPSA) is 58.4 Å². The number of nitrogens with zero attached hydrogens (tertiary/aromatic N) is 2. The van der Waals surface area contributed by atoms with Crippen LogP contribution in [0.5, 0.6) is 0 Å². The van der Waals surface area contributed by atoms with Gasteiger partial charge in [0.05, 0.1) is 10.6 Å². The highest BCUT2D eigenvalue weighted by Crippen LogP contribution is 2.37. The van der Waals surface area contributed by atoms with Crippen molar-refractivity contribution in [2.75, 3.05) is 14.1 Å². The molecule has 1 aromatic heterocycles. The van der Waals surface area contributed by atoms with Crippen molar-refractivity contribution < 1.29 is 13.7 Å². The minimum absolute atomic E-state index is 0.0238. The molecular weight excluding hydrogens is 453 g/mol. The van der Waals surface area contributed by atoms with E-state index in [9.17, 15) is 9.18 Å². The molecule has 1 N–H and O–H groups in total. The Morgan fingerprint density at radius 1 is 1.18 bits per heavy atom. The molecule has 4 rings (SSSR count). The highest BCUT2D eigenvalue weighted by molar-refractivity contribution is 6.33. The lowest BCUT2D eigenvalue weighted by Crippen LogP contribution is -2.52. The zero-order valence-electron chi connectivity index (χ0n) is 20.1. The molecule has 3 aromatic rings. The molecule has 0 atom stereocenters. The number of aryl methyl sites for hydroxylation is 2. The Balaban J connectivity index is 1.49. The van der Waals surface area contributed by atoms with Gasteiger partial charge in [0.1, 0.15) is 22.8 Å². The van der Waals surface area contributed by atoms with Gasteiger partial charge in [-0.05, 0) is 83.3 Å². The summed E-state index contributed by atoms with van der Waals surface area (Å²) >= 11 is 6.22. The summed E-state index contributed by atoms with van der Waals surface area (Å²) in [6.07, 6.45) is 4.63. The minimum Gasteiger partial charge on any atom is -0.360 e. The number of amides is 1. The third kappa shape index (κ3) is 4.75. The largest absolute Gasteiger partial charge is 0.360 e. The molecule has 0 aliphatic heterocycles. The standard InChI is InChI=1S/C27H31ClFN3O2/c1-17-8-5-6-9-19(17)16-27(32(3)4)14-12-20(13-15-27)30-26(33)23-18(2)34-31-25(23)24-21(28)10-7-11-22(24)29/h5-11,20H,12-16H2,1-4H3,(H,30,33). The van der Waals surface area contributed by atoms with E-state index in [1.807, 2.05) is 0 Å². The lowest BCUT2D eigenvalue weighted by molar-refractivity contribution is 0.0768. The molecule has 1 heterocycles. The number of nitrogens with one attached hydrogen (secondary N) is 1. The first-order chi connectivity index (χ1) is 16.2. The third-order valence-electron chi connectivity index (χ3n) is 7.27. The summed E-state index contributed by atoms with van der Waals surface area (Å²) in [6.45, 7) is 3.81. The van der Waals surface area contributed by atoms with Gasteiger partial charge < -0.3 is 14.7 Å². The van der Waals surface area contributed by atoms with Gasteiger partial charge >= 0.3 is 0 Å². The summed E-state index contributed by atoms with van der Waals surface area (Å²) in [6, 6.07) is 12.9. The van der Waals surface area contributed by atoms with E-state index in [1.54, 1.807) is 13.0 Å². The first-order valence-corrected chi connectivity index (χ1v) is 12.0. The predicted octanol–water partition coefficient (Wildman–Crippen LogP) is 5.97. The molecule has 1 amide bonds. The summed E-state index contributed by atoms with van der Waals surface area (Å²) in [5.41, 5.74) is 3.17. The van der Waals surface area contributed by atoms with E-state index < -0.39 is 5.82 Å². The fraction of sp³-hybridized carbons (Fsp3) is 0.407. The third-order valence-corrected chi connectivity index (χ3v) is 7.59. The van der Waals surface area contributed by atoms with Gasteiger partial charge in [0, 0.05) is 11.6 Å². The van der Waals surface area contributed by atoms with Crippen molar-refractivity contribution in [1.82, 2.24) is 15.4 Å². The summed E-state index contributed by atoms with van der Waals surface area (Å²) < 4.78 is 19.8. The fourth-order valence-electron chi connectivity index (χ4n) is 5.04. The number of benzene rings is 2. The van der Waals surface area contributed by atoms with E-state index in [4.69, 9.17) is 16.1 Å². The van der Waals surface area contributed by atoms with Crippen molar-refractivity contribution in [3.63, 3.8) is 0 Å². The summed E-state index contributed by atoms with van der Waals surface area (Å²) in [7, 11) is 4.28. The SMILES string of the molecule is Cc1ccccc1CC1(N(C)C)CCC(NC(=O)c2c(-c3c(F)cccc3Cl)noc2C)CC1. The number of carbonyl (C=O) groups is 1. The van der Waals surface area contributed by atoms with Gasteiger partial charge in [-0.2, -0.15) is 0 Å². The van der Waals surface area contributed by atoms with Crippen LogP contribution in [0.2, 0.25) is 5.02 Å². The van der Waals surface area contributed by atoms with Crippen LogP contribution < -0.4 is 5.32 Å². The molecule has 0 spiro atoms. The van der Waals surface area contributed by atoms with Crippen LogP contribution in [0, 0.1) is 19.7 Å². The Kier molecular flexibility index (Phi) is 7.10. The second-order valence-corrected chi connectivity index (χ2v) is 9.94. The molecule has 2 aromatic carbocycles. The van der Waals surface area contributed by atoms with Crippen LogP contribution in [0.25, 0.3) is 11.3 Å². The van der Waals surface area contributed by atoms with E-state index in [2.05, 4.69) is 60.7 Å². The average molecular weight is 484 g/mol. The highest BCUT2D eigenvalue weighted by Gasteiger charge is 2.38. The van der Waals surface area contributed by atoms with Crippen molar-refractivity contribution in [1.29, 1.82) is 0 Å². The Labute approximate surface area is 205 Å². The van der Waals surface area contributed by atoms with E-state index in [0.29, 0.717) is 5.76 Å². The molecule has 0 bridgehead atoms. The molecule has 1 saturated carbocycles. The molecule has 0 unspecified atom stereocenters. The maximum atomic E-state index is 14.5. The predicted molar refractivity (Wildman–Crippen MR) is 133 cm³/mol. The Bertz CT molecular complexity index is 1160. The Hall–Kier alpha value is -2.70. The van der Waals surface area contributed by atoms with Crippen molar-refractivity contribution in [2.24, 2.45) is 0 Å². The molecular formula is C27H31ClFN3O2. The number of likely N-dealkylation sites (N-methyl/N-ethyl adjacent to an activating group) is 1. The normalized spacial score (nSPS) is 20.5. The van der Waals surface area contributed by atoms with Crippen molar-refractivity contribution in [3.05, 3.63) is 75.8 Å². The minimum atomic E-state index is -0.542. The van der Waals surface area contributed by atoms with Crippen LogP contribution in [0.1, 0.15) is 52.9 Å². The first kappa shape index (κ1) is 24.4. The number of rotatable bonds is 6.